The van der Waals surface area contributed by atoms with Gasteiger partial charge in [0.25, 0.3) is 5.91 Å². The zero-order valence-electron chi connectivity index (χ0n) is 14.9. The molecule has 1 fully saturated rings. The third-order valence-corrected chi connectivity index (χ3v) is 7.22. The number of hydrogen-bond donors (Lipinski definition) is 0. The molecule has 1 saturated heterocycles. The molecule has 5 nitrogen and oxygen atoms in total. The molecule has 146 valence electrons. The second-order valence-corrected chi connectivity index (χ2v) is 9.61. The number of carbonyl (C=O) groups excluding carboxylic acids is 1. The van der Waals surface area contributed by atoms with Crippen LogP contribution in [0.1, 0.15) is 19.3 Å². The largest absolute Gasteiger partial charge is 0.338 e. The van der Waals surface area contributed by atoms with Gasteiger partial charge in [0.1, 0.15) is 5.82 Å². The van der Waals surface area contributed by atoms with Crippen LogP contribution in [0.2, 0.25) is 0 Å². The second kappa shape index (κ2) is 7.33. The van der Waals surface area contributed by atoms with Crippen molar-refractivity contribution < 1.29 is 17.6 Å². The lowest BCUT2D eigenvalue weighted by molar-refractivity contribution is -0.127. The number of sulfone groups is 1. The van der Waals surface area contributed by atoms with Crippen molar-refractivity contribution in [2.24, 2.45) is 0 Å². The second-order valence-electron chi connectivity index (χ2n) is 6.81. The van der Waals surface area contributed by atoms with Gasteiger partial charge < -0.3 is 9.80 Å². The van der Waals surface area contributed by atoms with Crippen LogP contribution in [-0.2, 0) is 14.6 Å². The quantitative estimate of drug-likeness (QED) is 0.619. The molecule has 0 aromatic heterocycles. The summed E-state index contributed by atoms with van der Waals surface area (Å²) < 4.78 is 41.1. The van der Waals surface area contributed by atoms with Gasteiger partial charge in [-0.15, -0.1) is 0 Å². The van der Waals surface area contributed by atoms with Crippen LogP contribution in [0.15, 0.2) is 62.9 Å². The number of piperidine rings is 1. The molecule has 0 unspecified atom stereocenters. The number of hydrogen-bond acceptors (Lipinski definition) is 4. The van der Waals surface area contributed by atoms with Crippen molar-refractivity contribution in [1.82, 2.24) is 4.90 Å². The molecule has 8 heteroatoms. The number of nitrogens with zero attached hydrogens (tertiary/aromatic N) is 2. The summed E-state index contributed by atoms with van der Waals surface area (Å²) in [6.45, 7) is 1.08. The third-order valence-electron chi connectivity index (χ3n) is 4.95. The van der Waals surface area contributed by atoms with Crippen LogP contribution in [0, 0.1) is 5.82 Å². The molecule has 1 amide bonds. The minimum Gasteiger partial charge on any atom is -0.338 e. The molecule has 2 aromatic carbocycles. The average molecular weight is 465 g/mol. The molecule has 0 spiro atoms. The average Bonchev–Trinajstić information content (AvgIpc) is 2.68. The highest BCUT2D eigenvalue weighted by molar-refractivity contribution is 9.10. The monoisotopic (exact) mass is 464 g/mol. The number of fused-ring (bicyclic) bond motifs is 1. The Hall–Kier alpha value is -2.19. The Bertz CT molecular complexity index is 1080. The molecule has 0 atom stereocenters. The fourth-order valence-corrected chi connectivity index (χ4v) is 5.45. The van der Waals surface area contributed by atoms with Crippen LogP contribution in [0.3, 0.4) is 0 Å². The van der Waals surface area contributed by atoms with E-state index in [2.05, 4.69) is 15.9 Å². The normalized spacial score (nSPS) is 18.4. The maximum absolute atomic E-state index is 13.9. The van der Waals surface area contributed by atoms with Crippen LogP contribution >= 0.6 is 15.9 Å². The molecular formula is C20H18BrFN2O3S. The summed E-state index contributed by atoms with van der Waals surface area (Å²) in [7, 11) is -4.05. The molecule has 28 heavy (non-hydrogen) atoms. The number of anilines is 2. The molecule has 2 aliphatic rings. The summed E-state index contributed by atoms with van der Waals surface area (Å²) in [4.78, 5) is 15.8. The number of likely N-dealkylation sites (tertiary alicyclic amines) is 1. The van der Waals surface area contributed by atoms with Crippen LogP contribution in [0.5, 0.6) is 0 Å². The summed E-state index contributed by atoms with van der Waals surface area (Å²) in [6, 6.07) is 10.7. The lowest BCUT2D eigenvalue weighted by atomic mass is 10.1. The molecule has 0 aliphatic carbocycles. The Balaban J connectivity index is 1.88. The van der Waals surface area contributed by atoms with Gasteiger partial charge in [0.2, 0.25) is 9.84 Å². The minimum absolute atomic E-state index is 0.0725. The molecule has 4 rings (SSSR count). The lowest BCUT2D eigenvalue weighted by Crippen LogP contribution is -2.39. The summed E-state index contributed by atoms with van der Waals surface area (Å²) in [6.07, 6.45) is 4.06. The minimum atomic E-state index is -4.05. The molecule has 0 N–H and O–H groups in total. The van der Waals surface area contributed by atoms with Crippen molar-refractivity contribution >= 4 is 43.0 Å². The standard InChI is InChI=1S/C20H18BrFN2O3S/c21-14-5-4-6-16(11-14)24-13-19(20(25)23-9-2-1-3-10-23)28(26,27)18-8-7-15(22)12-17(18)24/h4-8,11-13H,1-3,9-10H2. The first kappa shape index (κ1) is 19.1. The van der Waals surface area contributed by atoms with Crippen molar-refractivity contribution in [1.29, 1.82) is 0 Å². The first-order valence-corrected chi connectivity index (χ1v) is 11.3. The zero-order valence-corrected chi connectivity index (χ0v) is 17.3. The lowest BCUT2D eigenvalue weighted by Gasteiger charge is -2.32. The Labute approximate surface area is 171 Å². The van der Waals surface area contributed by atoms with E-state index in [9.17, 15) is 17.6 Å². The molecule has 2 heterocycles. The Morgan fingerprint density at radius 1 is 1.04 bits per heavy atom. The Kier molecular flexibility index (Phi) is 5.01. The summed E-state index contributed by atoms with van der Waals surface area (Å²) in [5, 5.41) is 0. The van der Waals surface area contributed by atoms with E-state index in [0.29, 0.717) is 18.8 Å². The highest BCUT2D eigenvalue weighted by Gasteiger charge is 2.38. The van der Waals surface area contributed by atoms with Gasteiger partial charge in [0, 0.05) is 29.4 Å². The number of benzene rings is 2. The third kappa shape index (κ3) is 3.35. The van der Waals surface area contributed by atoms with Gasteiger partial charge in [-0.1, -0.05) is 22.0 Å². The van der Waals surface area contributed by atoms with Gasteiger partial charge in [-0.3, -0.25) is 4.79 Å². The SMILES string of the molecule is O=C(C1=CN(c2cccc(Br)c2)c2cc(F)ccc2S1(=O)=O)N1CCCCC1. The van der Waals surface area contributed by atoms with Gasteiger partial charge in [0.05, 0.1) is 10.6 Å². The predicted molar refractivity (Wildman–Crippen MR) is 108 cm³/mol. The number of halogens is 2. The number of amides is 1. The molecular weight excluding hydrogens is 447 g/mol. The predicted octanol–water partition coefficient (Wildman–Crippen LogP) is 4.37. The Morgan fingerprint density at radius 2 is 1.79 bits per heavy atom. The van der Waals surface area contributed by atoms with E-state index in [0.717, 1.165) is 29.8 Å². The van der Waals surface area contributed by atoms with E-state index in [1.165, 1.54) is 18.3 Å². The Morgan fingerprint density at radius 3 is 2.50 bits per heavy atom. The van der Waals surface area contributed by atoms with Crippen molar-refractivity contribution in [3.63, 3.8) is 0 Å². The van der Waals surface area contributed by atoms with Crippen molar-refractivity contribution in [3.05, 3.63) is 63.9 Å². The van der Waals surface area contributed by atoms with Gasteiger partial charge in [0.15, 0.2) is 4.91 Å². The summed E-state index contributed by atoms with van der Waals surface area (Å²) in [5.74, 6) is -1.05. The van der Waals surface area contributed by atoms with Crippen molar-refractivity contribution in [2.45, 2.75) is 24.2 Å². The zero-order chi connectivity index (χ0) is 19.9. The first-order chi connectivity index (χ1) is 13.4. The van der Waals surface area contributed by atoms with Crippen LogP contribution in [-0.4, -0.2) is 32.3 Å². The van der Waals surface area contributed by atoms with Crippen LogP contribution in [0.4, 0.5) is 15.8 Å². The van der Waals surface area contributed by atoms with Crippen LogP contribution in [0.25, 0.3) is 0 Å². The molecule has 2 aromatic rings. The smallest absolute Gasteiger partial charge is 0.267 e. The molecule has 0 saturated carbocycles. The van der Waals surface area contributed by atoms with E-state index in [1.807, 2.05) is 6.07 Å². The highest BCUT2D eigenvalue weighted by Crippen LogP contribution is 2.41. The fraction of sp³-hybridized carbons (Fsp3) is 0.250. The topological polar surface area (TPSA) is 57.7 Å². The maximum Gasteiger partial charge on any atom is 0.267 e. The van der Waals surface area contributed by atoms with Gasteiger partial charge in [-0.25, -0.2) is 12.8 Å². The van der Waals surface area contributed by atoms with Gasteiger partial charge in [-0.2, -0.15) is 0 Å². The molecule has 0 bridgehead atoms. The van der Waals surface area contributed by atoms with Gasteiger partial charge in [-0.05, 0) is 55.7 Å². The van der Waals surface area contributed by atoms with Crippen LogP contribution < -0.4 is 4.90 Å². The fourth-order valence-electron chi connectivity index (χ4n) is 3.54. The summed E-state index contributed by atoms with van der Waals surface area (Å²) >= 11 is 3.40. The van der Waals surface area contributed by atoms with E-state index in [4.69, 9.17) is 0 Å². The van der Waals surface area contributed by atoms with E-state index < -0.39 is 21.6 Å². The highest BCUT2D eigenvalue weighted by atomic mass is 79.9. The first-order valence-electron chi connectivity index (χ1n) is 8.98. The van der Waals surface area contributed by atoms with E-state index in [1.54, 1.807) is 28.0 Å². The van der Waals surface area contributed by atoms with Gasteiger partial charge >= 0.3 is 0 Å². The maximum atomic E-state index is 13.9. The van der Waals surface area contributed by atoms with E-state index >= 15 is 0 Å². The van der Waals surface area contributed by atoms with E-state index in [-0.39, 0.29) is 15.5 Å². The summed E-state index contributed by atoms with van der Waals surface area (Å²) in [5.41, 5.74) is 0.813. The van der Waals surface area contributed by atoms with Crippen molar-refractivity contribution in [2.75, 3.05) is 18.0 Å². The molecule has 2 aliphatic heterocycles. The van der Waals surface area contributed by atoms with Crippen molar-refractivity contribution in [3.8, 4) is 0 Å². The number of rotatable bonds is 2. The number of carbonyl (C=O) groups is 1. The molecule has 0 radical (unpaired) electrons.